The van der Waals surface area contributed by atoms with E-state index >= 15 is 0 Å². The SMILES string of the molecule is FC(F)(F)C1CNC[C@H]1Nc1ccccc1. The van der Waals surface area contributed by atoms with Crippen molar-refractivity contribution in [2.75, 3.05) is 18.4 Å². The molecule has 5 heteroatoms. The Morgan fingerprint density at radius 3 is 2.44 bits per heavy atom. The Morgan fingerprint density at radius 2 is 1.81 bits per heavy atom. The molecule has 1 fully saturated rings. The second-order valence-electron chi connectivity index (χ2n) is 3.92. The highest BCUT2D eigenvalue weighted by Crippen LogP contribution is 2.32. The summed E-state index contributed by atoms with van der Waals surface area (Å²) in [6.45, 7) is 0.340. The minimum absolute atomic E-state index is 0.00595. The van der Waals surface area contributed by atoms with E-state index < -0.39 is 18.1 Å². The highest BCUT2D eigenvalue weighted by Gasteiger charge is 2.47. The third-order valence-electron chi connectivity index (χ3n) is 2.76. The minimum atomic E-state index is -4.14. The average Bonchev–Trinajstić information content (AvgIpc) is 2.67. The number of hydrogen-bond acceptors (Lipinski definition) is 2. The minimum Gasteiger partial charge on any atom is -0.380 e. The summed E-state index contributed by atoms with van der Waals surface area (Å²) < 4.78 is 37.9. The van der Waals surface area contributed by atoms with Gasteiger partial charge in [-0.15, -0.1) is 0 Å². The van der Waals surface area contributed by atoms with Gasteiger partial charge in [-0.05, 0) is 12.1 Å². The van der Waals surface area contributed by atoms with Crippen molar-refractivity contribution in [3.63, 3.8) is 0 Å². The lowest BCUT2D eigenvalue weighted by molar-refractivity contribution is -0.170. The van der Waals surface area contributed by atoms with Crippen LogP contribution in [0.25, 0.3) is 0 Å². The van der Waals surface area contributed by atoms with Crippen molar-refractivity contribution in [1.82, 2.24) is 5.32 Å². The highest BCUT2D eigenvalue weighted by atomic mass is 19.4. The van der Waals surface area contributed by atoms with E-state index in [-0.39, 0.29) is 6.54 Å². The quantitative estimate of drug-likeness (QED) is 0.814. The molecule has 0 saturated carbocycles. The molecule has 0 amide bonds. The number of halogens is 3. The van der Waals surface area contributed by atoms with Gasteiger partial charge >= 0.3 is 6.18 Å². The molecule has 16 heavy (non-hydrogen) atoms. The molecule has 1 saturated heterocycles. The summed E-state index contributed by atoms with van der Waals surface area (Å²) in [5.74, 6) is -1.31. The molecule has 1 aliphatic rings. The van der Waals surface area contributed by atoms with Crippen LogP contribution in [0.5, 0.6) is 0 Å². The van der Waals surface area contributed by atoms with Crippen LogP contribution in [0, 0.1) is 5.92 Å². The van der Waals surface area contributed by atoms with Crippen LogP contribution >= 0.6 is 0 Å². The number of rotatable bonds is 2. The first-order valence-corrected chi connectivity index (χ1v) is 5.16. The molecule has 2 N–H and O–H groups in total. The molecule has 1 aromatic carbocycles. The summed E-state index contributed by atoms with van der Waals surface area (Å²) in [6, 6.07) is 8.39. The molecule has 1 aromatic rings. The Kier molecular flexibility index (Phi) is 3.05. The Bertz CT molecular complexity index is 337. The molecule has 2 rings (SSSR count). The summed E-state index contributed by atoms with van der Waals surface area (Å²) in [4.78, 5) is 0. The standard InChI is InChI=1S/C11H13F3N2/c12-11(13,14)9-6-15-7-10(9)16-8-4-2-1-3-5-8/h1-5,9-10,15-16H,6-7H2/t9?,10-/m1/s1. The Hall–Kier alpha value is -1.23. The largest absolute Gasteiger partial charge is 0.395 e. The fourth-order valence-electron chi connectivity index (χ4n) is 1.92. The molecule has 1 heterocycles. The van der Waals surface area contributed by atoms with E-state index in [1.165, 1.54) is 0 Å². The average molecular weight is 230 g/mol. The first kappa shape index (κ1) is 11.3. The van der Waals surface area contributed by atoms with Crippen molar-refractivity contribution in [3.05, 3.63) is 30.3 Å². The zero-order chi connectivity index (χ0) is 11.6. The molecule has 0 radical (unpaired) electrons. The lowest BCUT2D eigenvalue weighted by Gasteiger charge is -2.23. The first-order chi connectivity index (χ1) is 7.57. The number of benzene rings is 1. The van der Waals surface area contributed by atoms with Gasteiger partial charge in [-0.1, -0.05) is 18.2 Å². The van der Waals surface area contributed by atoms with Gasteiger partial charge in [-0.2, -0.15) is 13.2 Å². The van der Waals surface area contributed by atoms with E-state index in [2.05, 4.69) is 10.6 Å². The van der Waals surface area contributed by atoms with Gasteiger partial charge in [0.25, 0.3) is 0 Å². The molecule has 0 bridgehead atoms. The van der Waals surface area contributed by atoms with Crippen molar-refractivity contribution < 1.29 is 13.2 Å². The maximum atomic E-state index is 12.6. The number of para-hydroxylation sites is 1. The molecule has 0 aliphatic carbocycles. The van der Waals surface area contributed by atoms with Gasteiger partial charge in [0.15, 0.2) is 0 Å². The molecular formula is C11H13F3N2. The van der Waals surface area contributed by atoms with Crippen molar-refractivity contribution >= 4 is 5.69 Å². The van der Waals surface area contributed by atoms with E-state index in [1.54, 1.807) is 24.3 Å². The van der Waals surface area contributed by atoms with E-state index in [4.69, 9.17) is 0 Å². The van der Waals surface area contributed by atoms with Gasteiger partial charge in [0.2, 0.25) is 0 Å². The number of alkyl halides is 3. The molecule has 88 valence electrons. The molecule has 0 aromatic heterocycles. The zero-order valence-corrected chi connectivity index (χ0v) is 8.59. The third kappa shape index (κ3) is 2.47. The molecule has 2 nitrogen and oxygen atoms in total. The predicted octanol–water partition coefficient (Wildman–Crippen LogP) is 2.25. The first-order valence-electron chi connectivity index (χ1n) is 5.16. The maximum absolute atomic E-state index is 12.6. The highest BCUT2D eigenvalue weighted by molar-refractivity contribution is 5.44. The molecule has 0 spiro atoms. The normalized spacial score (nSPS) is 25.7. The van der Waals surface area contributed by atoms with Crippen LogP contribution in [-0.4, -0.2) is 25.3 Å². The van der Waals surface area contributed by atoms with E-state index in [0.29, 0.717) is 6.54 Å². The van der Waals surface area contributed by atoms with Gasteiger partial charge in [0, 0.05) is 18.8 Å². The van der Waals surface area contributed by atoms with Crippen molar-refractivity contribution in [2.24, 2.45) is 5.92 Å². The summed E-state index contributed by atoms with van der Waals surface area (Å²) in [5, 5.41) is 5.68. The fraction of sp³-hybridized carbons (Fsp3) is 0.455. The summed E-state index contributed by atoms with van der Waals surface area (Å²) >= 11 is 0. The number of anilines is 1. The predicted molar refractivity (Wildman–Crippen MR) is 56.3 cm³/mol. The third-order valence-corrected chi connectivity index (χ3v) is 2.76. The van der Waals surface area contributed by atoms with Crippen molar-refractivity contribution in [2.45, 2.75) is 12.2 Å². The van der Waals surface area contributed by atoms with E-state index in [1.807, 2.05) is 6.07 Å². The van der Waals surface area contributed by atoms with Crippen LogP contribution in [0.4, 0.5) is 18.9 Å². The topological polar surface area (TPSA) is 24.1 Å². The van der Waals surface area contributed by atoms with Crippen LogP contribution in [0.15, 0.2) is 30.3 Å². The second-order valence-corrected chi connectivity index (χ2v) is 3.92. The summed E-state index contributed by atoms with van der Waals surface area (Å²) in [5.41, 5.74) is 0.727. The number of nitrogens with one attached hydrogen (secondary N) is 2. The molecular weight excluding hydrogens is 217 g/mol. The molecule has 1 unspecified atom stereocenters. The Labute approximate surface area is 91.8 Å². The maximum Gasteiger partial charge on any atom is 0.395 e. The van der Waals surface area contributed by atoms with Gasteiger partial charge in [0.1, 0.15) is 0 Å². The van der Waals surface area contributed by atoms with Crippen LogP contribution < -0.4 is 10.6 Å². The molecule has 2 atom stereocenters. The van der Waals surface area contributed by atoms with E-state index in [0.717, 1.165) is 5.69 Å². The van der Waals surface area contributed by atoms with Gasteiger partial charge in [-0.25, -0.2) is 0 Å². The summed E-state index contributed by atoms with van der Waals surface area (Å²) in [6.07, 6.45) is -4.14. The van der Waals surface area contributed by atoms with Crippen molar-refractivity contribution in [3.8, 4) is 0 Å². The lowest BCUT2D eigenvalue weighted by atomic mass is 10.0. The van der Waals surface area contributed by atoms with Crippen LogP contribution in [-0.2, 0) is 0 Å². The van der Waals surface area contributed by atoms with Gasteiger partial charge in [0.05, 0.1) is 12.0 Å². The van der Waals surface area contributed by atoms with E-state index in [9.17, 15) is 13.2 Å². The Morgan fingerprint density at radius 1 is 1.12 bits per heavy atom. The van der Waals surface area contributed by atoms with Gasteiger partial charge < -0.3 is 10.6 Å². The van der Waals surface area contributed by atoms with Gasteiger partial charge in [-0.3, -0.25) is 0 Å². The number of hydrogen-bond donors (Lipinski definition) is 2. The van der Waals surface area contributed by atoms with Crippen molar-refractivity contribution in [1.29, 1.82) is 0 Å². The zero-order valence-electron chi connectivity index (χ0n) is 8.59. The van der Waals surface area contributed by atoms with Crippen LogP contribution in [0.2, 0.25) is 0 Å². The summed E-state index contributed by atoms with van der Waals surface area (Å²) in [7, 11) is 0. The monoisotopic (exact) mass is 230 g/mol. The smallest absolute Gasteiger partial charge is 0.380 e. The Balaban J connectivity index is 2.05. The second kappa shape index (κ2) is 4.33. The lowest BCUT2D eigenvalue weighted by Crippen LogP contribution is -2.37. The fourth-order valence-corrected chi connectivity index (χ4v) is 1.92. The molecule has 1 aliphatic heterocycles. The van der Waals surface area contributed by atoms with Crippen LogP contribution in [0.1, 0.15) is 0 Å². The van der Waals surface area contributed by atoms with Crippen LogP contribution in [0.3, 0.4) is 0 Å².